The van der Waals surface area contributed by atoms with Crippen LogP contribution in [0.15, 0.2) is 30.3 Å². The highest BCUT2D eigenvalue weighted by Crippen LogP contribution is 2.06. The zero-order chi connectivity index (χ0) is 13.5. The van der Waals surface area contributed by atoms with E-state index in [2.05, 4.69) is 0 Å². The molecule has 0 saturated carbocycles. The molecule has 0 aliphatic heterocycles. The van der Waals surface area contributed by atoms with Crippen LogP contribution in [-0.2, 0) is 25.7 Å². The molecule has 0 bridgehead atoms. The van der Waals surface area contributed by atoms with Crippen molar-refractivity contribution in [3.8, 4) is 0 Å². The number of carbonyl (C=O) groups excluding carboxylic acids is 3. The second kappa shape index (κ2) is 6.51. The standard InChI is InChI=1S/C12H14N2O4/c13-10(11(14)16)9(6-15)12(17)18-7-8-4-2-1-3-5-8/h1-6,9-10H,7,13H2,(H2,14,16). The summed E-state index contributed by atoms with van der Waals surface area (Å²) in [4.78, 5) is 33.1. The summed E-state index contributed by atoms with van der Waals surface area (Å²) in [5, 5.41) is 0. The van der Waals surface area contributed by atoms with E-state index in [9.17, 15) is 14.4 Å². The Balaban J connectivity index is 2.58. The molecule has 6 nitrogen and oxygen atoms in total. The number of hydrogen-bond donors (Lipinski definition) is 2. The van der Waals surface area contributed by atoms with Crippen LogP contribution in [0.1, 0.15) is 5.56 Å². The number of benzene rings is 1. The number of ether oxygens (including phenoxy) is 1. The Hall–Kier alpha value is -2.21. The van der Waals surface area contributed by atoms with Crippen LogP contribution in [-0.4, -0.2) is 24.2 Å². The van der Waals surface area contributed by atoms with E-state index in [0.29, 0.717) is 0 Å². The van der Waals surface area contributed by atoms with Crippen LogP contribution in [0.4, 0.5) is 0 Å². The number of amides is 1. The van der Waals surface area contributed by atoms with Crippen LogP contribution in [0.25, 0.3) is 0 Å². The average molecular weight is 250 g/mol. The first kappa shape index (κ1) is 13.9. The van der Waals surface area contributed by atoms with Crippen molar-refractivity contribution in [1.82, 2.24) is 0 Å². The smallest absolute Gasteiger partial charge is 0.318 e. The monoisotopic (exact) mass is 250 g/mol. The van der Waals surface area contributed by atoms with Gasteiger partial charge in [-0.2, -0.15) is 0 Å². The van der Waals surface area contributed by atoms with Gasteiger partial charge in [0.15, 0.2) is 0 Å². The molecule has 1 rings (SSSR count). The van der Waals surface area contributed by atoms with Gasteiger partial charge >= 0.3 is 5.97 Å². The van der Waals surface area contributed by atoms with Crippen molar-refractivity contribution in [2.75, 3.05) is 0 Å². The van der Waals surface area contributed by atoms with Gasteiger partial charge in [0.25, 0.3) is 0 Å². The molecule has 1 aromatic carbocycles. The molecule has 6 heteroatoms. The maximum absolute atomic E-state index is 11.6. The Morgan fingerprint density at radius 3 is 2.39 bits per heavy atom. The van der Waals surface area contributed by atoms with E-state index in [0.717, 1.165) is 5.56 Å². The number of primary amides is 1. The Morgan fingerprint density at radius 1 is 1.28 bits per heavy atom. The van der Waals surface area contributed by atoms with Gasteiger partial charge in [0.05, 0.1) is 0 Å². The van der Waals surface area contributed by atoms with Crippen LogP contribution >= 0.6 is 0 Å². The molecule has 0 saturated heterocycles. The summed E-state index contributed by atoms with van der Waals surface area (Å²) in [6.45, 7) is 0.00942. The van der Waals surface area contributed by atoms with Crippen molar-refractivity contribution < 1.29 is 19.1 Å². The molecule has 2 unspecified atom stereocenters. The molecular formula is C12H14N2O4. The largest absolute Gasteiger partial charge is 0.460 e. The Kier molecular flexibility index (Phi) is 5.01. The molecule has 0 heterocycles. The fourth-order valence-electron chi connectivity index (χ4n) is 1.29. The fraction of sp³-hybridized carbons (Fsp3) is 0.250. The maximum atomic E-state index is 11.6. The first-order valence-corrected chi connectivity index (χ1v) is 5.27. The molecule has 0 aliphatic rings. The van der Waals surface area contributed by atoms with E-state index in [1.807, 2.05) is 6.07 Å². The molecule has 4 N–H and O–H groups in total. The number of esters is 1. The van der Waals surface area contributed by atoms with Gasteiger partial charge < -0.3 is 21.0 Å². The predicted molar refractivity (Wildman–Crippen MR) is 63.0 cm³/mol. The summed E-state index contributed by atoms with van der Waals surface area (Å²) in [6.07, 6.45) is 0.267. The van der Waals surface area contributed by atoms with Crippen LogP contribution in [0, 0.1) is 5.92 Å². The topological polar surface area (TPSA) is 112 Å². The SMILES string of the molecule is NC(=O)C(N)C(C=O)C(=O)OCc1ccccc1. The van der Waals surface area contributed by atoms with Crippen LogP contribution in [0.3, 0.4) is 0 Å². The van der Waals surface area contributed by atoms with Crippen molar-refractivity contribution in [2.24, 2.45) is 17.4 Å². The molecule has 0 radical (unpaired) electrons. The number of hydrogen-bond acceptors (Lipinski definition) is 5. The fourth-order valence-corrected chi connectivity index (χ4v) is 1.29. The van der Waals surface area contributed by atoms with E-state index in [-0.39, 0.29) is 12.9 Å². The number of nitrogens with two attached hydrogens (primary N) is 2. The third-order valence-electron chi connectivity index (χ3n) is 2.36. The van der Waals surface area contributed by atoms with Crippen LogP contribution in [0.5, 0.6) is 0 Å². The normalized spacial score (nSPS) is 13.4. The van der Waals surface area contributed by atoms with Crippen molar-refractivity contribution in [3.05, 3.63) is 35.9 Å². The molecule has 0 aliphatic carbocycles. The molecule has 1 amide bonds. The summed E-state index contributed by atoms with van der Waals surface area (Å²) in [5.74, 6) is -3.16. The van der Waals surface area contributed by atoms with Gasteiger partial charge in [0.1, 0.15) is 24.9 Å². The molecule has 96 valence electrons. The average Bonchev–Trinajstić information content (AvgIpc) is 2.38. The van der Waals surface area contributed by atoms with E-state index in [4.69, 9.17) is 16.2 Å². The van der Waals surface area contributed by atoms with Crippen molar-refractivity contribution in [3.63, 3.8) is 0 Å². The molecule has 0 aromatic heterocycles. The summed E-state index contributed by atoms with van der Waals surface area (Å²) >= 11 is 0. The highest BCUT2D eigenvalue weighted by Gasteiger charge is 2.30. The Labute approximate surface area is 104 Å². The number of aldehydes is 1. The lowest BCUT2D eigenvalue weighted by atomic mass is 10.0. The zero-order valence-corrected chi connectivity index (χ0v) is 9.61. The van der Waals surface area contributed by atoms with Crippen LogP contribution in [0.2, 0.25) is 0 Å². The highest BCUT2D eigenvalue weighted by atomic mass is 16.5. The Bertz CT molecular complexity index is 433. The third kappa shape index (κ3) is 3.67. The molecule has 1 aromatic rings. The molecule has 2 atom stereocenters. The maximum Gasteiger partial charge on any atom is 0.318 e. The van der Waals surface area contributed by atoms with Gasteiger partial charge in [-0.05, 0) is 5.56 Å². The second-order valence-corrected chi connectivity index (χ2v) is 3.68. The minimum absolute atomic E-state index is 0.00942. The lowest BCUT2D eigenvalue weighted by molar-refractivity contribution is -0.153. The second-order valence-electron chi connectivity index (χ2n) is 3.68. The minimum atomic E-state index is -1.37. The lowest BCUT2D eigenvalue weighted by Gasteiger charge is -2.14. The van der Waals surface area contributed by atoms with Gasteiger partial charge in [0, 0.05) is 0 Å². The molecule has 0 spiro atoms. The number of rotatable bonds is 6. The minimum Gasteiger partial charge on any atom is -0.460 e. The summed E-state index contributed by atoms with van der Waals surface area (Å²) < 4.78 is 4.89. The summed E-state index contributed by atoms with van der Waals surface area (Å²) in [7, 11) is 0. The quantitative estimate of drug-likeness (QED) is 0.396. The Morgan fingerprint density at radius 2 is 1.89 bits per heavy atom. The van der Waals surface area contributed by atoms with Crippen molar-refractivity contribution >= 4 is 18.2 Å². The van der Waals surface area contributed by atoms with E-state index >= 15 is 0 Å². The third-order valence-corrected chi connectivity index (χ3v) is 2.36. The van der Waals surface area contributed by atoms with Crippen molar-refractivity contribution in [2.45, 2.75) is 12.6 Å². The molecule has 18 heavy (non-hydrogen) atoms. The van der Waals surface area contributed by atoms with E-state index < -0.39 is 23.8 Å². The number of carbonyl (C=O) groups is 3. The zero-order valence-electron chi connectivity index (χ0n) is 9.61. The first-order chi connectivity index (χ1) is 8.56. The lowest BCUT2D eigenvalue weighted by Crippen LogP contribution is -2.47. The predicted octanol–water partition coefficient (Wildman–Crippen LogP) is -0.643. The van der Waals surface area contributed by atoms with Crippen LogP contribution < -0.4 is 11.5 Å². The van der Waals surface area contributed by atoms with E-state index in [1.165, 1.54) is 0 Å². The molecular weight excluding hydrogens is 236 g/mol. The van der Waals surface area contributed by atoms with Crippen molar-refractivity contribution in [1.29, 1.82) is 0 Å². The van der Waals surface area contributed by atoms with Gasteiger partial charge in [-0.1, -0.05) is 30.3 Å². The van der Waals surface area contributed by atoms with E-state index in [1.54, 1.807) is 24.3 Å². The van der Waals surface area contributed by atoms with Gasteiger partial charge in [-0.15, -0.1) is 0 Å². The summed E-state index contributed by atoms with van der Waals surface area (Å²) in [5.41, 5.74) is 11.0. The first-order valence-electron chi connectivity index (χ1n) is 5.27. The highest BCUT2D eigenvalue weighted by molar-refractivity contribution is 5.96. The van der Waals surface area contributed by atoms with Gasteiger partial charge in [-0.25, -0.2) is 0 Å². The van der Waals surface area contributed by atoms with Gasteiger partial charge in [-0.3, -0.25) is 9.59 Å². The van der Waals surface area contributed by atoms with Gasteiger partial charge in [0.2, 0.25) is 5.91 Å². The molecule has 0 fully saturated rings. The summed E-state index contributed by atoms with van der Waals surface area (Å²) in [6, 6.07) is 7.55.